The molecule has 2 unspecified atom stereocenters. The Morgan fingerprint density at radius 1 is 0.373 bits per heavy atom. The summed E-state index contributed by atoms with van der Waals surface area (Å²) in [5.41, 5.74) is 0. The van der Waals surface area contributed by atoms with Crippen molar-refractivity contribution in [3.63, 3.8) is 0 Å². The molecule has 1 amide bonds. The highest BCUT2D eigenvalue weighted by molar-refractivity contribution is 5.76. The number of carbonyl (C=O) groups is 3. The zero-order valence-corrected chi connectivity index (χ0v) is 45.8. The van der Waals surface area contributed by atoms with Gasteiger partial charge in [0.25, 0.3) is 0 Å². The quantitative estimate of drug-likeness (QED) is 0.0440. The highest BCUT2D eigenvalue weighted by atomic mass is 16.5. The molecular weight excluding hydrogens is 837 g/mol. The molecule has 0 aliphatic carbocycles. The maximum absolute atomic E-state index is 13.9. The van der Waals surface area contributed by atoms with Crippen LogP contribution in [0.3, 0.4) is 0 Å². The molecule has 2 atom stereocenters. The van der Waals surface area contributed by atoms with Crippen molar-refractivity contribution in [3.05, 3.63) is 0 Å². The highest BCUT2D eigenvalue weighted by Crippen LogP contribution is 2.21. The molecule has 398 valence electrons. The van der Waals surface area contributed by atoms with Gasteiger partial charge >= 0.3 is 11.9 Å². The van der Waals surface area contributed by atoms with Crippen LogP contribution in [0.25, 0.3) is 0 Å². The minimum absolute atomic E-state index is 0.0348. The van der Waals surface area contributed by atoms with Gasteiger partial charge in [-0.3, -0.25) is 14.4 Å². The topological polar surface area (TPSA) is 94.6 Å². The third-order valence-corrected chi connectivity index (χ3v) is 13.5. The third-order valence-electron chi connectivity index (χ3n) is 13.5. The van der Waals surface area contributed by atoms with E-state index in [1.165, 1.54) is 116 Å². The van der Waals surface area contributed by atoms with Crippen molar-refractivity contribution < 1.29 is 33.3 Å². The van der Waals surface area contributed by atoms with E-state index in [2.05, 4.69) is 58.5 Å². The average Bonchev–Trinajstić information content (AvgIpc) is 3.32. The van der Waals surface area contributed by atoms with E-state index in [0.717, 1.165) is 116 Å². The first kappa shape index (κ1) is 65.3. The minimum atomic E-state index is -0.0974. The number of hydrogen-bond donors (Lipinski definition) is 0. The number of unbranched alkanes of at least 4 members (excludes halogenated alkanes) is 22. The lowest BCUT2D eigenvalue weighted by Gasteiger charge is -2.32. The Balaban J connectivity index is 4.94. The Bertz CT molecular complexity index is 1020. The molecule has 67 heavy (non-hydrogen) atoms. The lowest BCUT2D eigenvalue weighted by Crippen LogP contribution is -2.46. The van der Waals surface area contributed by atoms with Crippen molar-refractivity contribution in [3.8, 4) is 0 Å². The molecule has 0 bridgehead atoms. The Hall–Kier alpha value is -1.71. The number of carbonyl (C=O) groups excluding carboxylic acids is 3. The minimum Gasteiger partial charge on any atom is -0.465 e. The molecule has 0 aromatic heterocycles. The smallest absolute Gasteiger partial charge is 0.305 e. The maximum Gasteiger partial charge on any atom is 0.305 e. The fourth-order valence-electron chi connectivity index (χ4n) is 8.99. The summed E-state index contributed by atoms with van der Waals surface area (Å²) < 4.78 is 24.2. The van der Waals surface area contributed by atoms with Crippen molar-refractivity contribution >= 4 is 17.8 Å². The van der Waals surface area contributed by atoms with Crippen LogP contribution < -0.4 is 0 Å². The van der Waals surface area contributed by atoms with Gasteiger partial charge in [0.1, 0.15) is 0 Å². The van der Waals surface area contributed by atoms with Crippen LogP contribution in [-0.2, 0) is 33.3 Å². The van der Waals surface area contributed by atoms with E-state index < -0.39 is 0 Å². The standard InChI is InChI=1S/C58H114N2O7/c1-8-13-18-21-24-31-42-56(61)60(46-35-34-45-59(6)7)55(51-64-47-36-27-22-25-32-43-57(62)66-49-53(38-16-11-4)40-29-19-14-9-2)52-65-48-37-28-23-26-33-44-58(63)67-50-54(39-17-12-5)41-30-20-15-10-3/h53-55H,8-52H2,1-7H3. The predicted molar refractivity (Wildman–Crippen MR) is 284 cm³/mol. The summed E-state index contributed by atoms with van der Waals surface area (Å²) in [4.78, 5) is 43.3. The summed E-state index contributed by atoms with van der Waals surface area (Å²) >= 11 is 0. The molecule has 0 spiro atoms. The summed E-state index contributed by atoms with van der Waals surface area (Å²) in [6.45, 7) is 16.5. The van der Waals surface area contributed by atoms with E-state index in [1.54, 1.807) is 0 Å². The second kappa shape index (κ2) is 50.7. The first-order valence-corrected chi connectivity index (χ1v) is 29.1. The zero-order valence-electron chi connectivity index (χ0n) is 45.8. The van der Waals surface area contributed by atoms with Gasteiger partial charge in [0.2, 0.25) is 5.91 Å². The second-order valence-corrected chi connectivity index (χ2v) is 20.5. The molecule has 0 aromatic carbocycles. The molecule has 0 saturated carbocycles. The van der Waals surface area contributed by atoms with Gasteiger partial charge in [-0.15, -0.1) is 0 Å². The van der Waals surface area contributed by atoms with Gasteiger partial charge in [0.05, 0.1) is 32.5 Å². The van der Waals surface area contributed by atoms with Crippen molar-refractivity contribution in [2.45, 2.75) is 278 Å². The Morgan fingerprint density at radius 2 is 0.731 bits per heavy atom. The lowest BCUT2D eigenvalue weighted by molar-refractivity contribution is -0.146. The SMILES string of the molecule is CCCCCCCCC(=O)N(CCCCN(C)C)C(COCCCCCCCC(=O)OCC(CCCC)CCCCCC)COCCCCCCCC(=O)OCC(CCCC)CCCCCC. The van der Waals surface area contributed by atoms with Crippen molar-refractivity contribution in [2.75, 3.05) is 66.8 Å². The molecule has 0 aliphatic heterocycles. The average molecular weight is 952 g/mol. The van der Waals surface area contributed by atoms with Crippen LogP contribution in [0, 0.1) is 11.8 Å². The molecule has 0 saturated heterocycles. The van der Waals surface area contributed by atoms with Crippen molar-refractivity contribution in [2.24, 2.45) is 11.8 Å². The first-order chi connectivity index (χ1) is 32.7. The van der Waals surface area contributed by atoms with Gasteiger partial charge in [-0.05, 0) is 103 Å². The van der Waals surface area contributed by atoms with Crippen LogP contribution in [0.5, 0.6) is 0 Å². The lowest BCUT2D eigenvalue weighted by atomic mass is 9.96. The van der Waals surface area contributed by atoms with Gasteiger partial charge in [-0.25, -0.2) is 0 Å². The molecular formula is C58H114N2O7. The van der Waals surface area contributed by atoms with Crippen LogP contribution in [0.1, 0.15) is 272 Å². The van der Waals surface area contributed by atoms with Crippen LogP contribution in [0.2, 0.25) is 0 Å². The first-order valence-electron chi connectivity index (χ1n) is 29.1. The molecule has 0 aromatic rings. The fraction of sp³-hybridized carbons (Fsp3) is 0.948. The van der Waals surface area contributed by atoms with E-state index >= 15 is 0 Å². The van der Waals surface area contributed by atoms with E-state index in [-0.39, 0.29) is 23.9 Å². The summed E-state index contributed by atoms with van der Waals surface area (Å²) in [5.74, 6) is 1.19. The van der Waals surface area contributed by atoms with E-state index in [4.69, 9.17) is 18.9 Å². The molecule has 0 N–H and O–H groups in total. The molecule has 0 radical (unpaired) electrons. The number of hydrogen-bond acceptors (Lipinski definition) is 8. The number of rotatable bonds is 53. The second-order valence-electron chi connectivity index (χ2n) is 20.5. The largest absolute Gasteiger partial charge is 0.465 e. The van der Waals surface area contributed by atoms with E-state index in [9.17, 15) is 14.4 Å². The summed E-state index contributed by atoms with van der Waals surface area (Å²) in [7, 11) is 4.22. The van der Waals surface area contributed by atoms with Gasteiger partial charge < -0.3 is 28.7 Å². The molecule has 0 fully saturated rings. The van der Waals surface area contributed by atoms with E-state index in [0.29, 0.717) is 70.7 Å². The van der Waals surface area contributed by atoms with Crippen molar-refractivity contribution in [1.29, 1.82) is 0 Å². The van der Waals surface area contributed by atoms with Crippen molar-refractivity contribution in [1.82, 2.24) is 9.80 Å². The molecule has 0 heterocycles. The van der Waals surface area contributed by atoms with Crippen LogP contribution in [-0.4, -0.2) is 101 Å². The molecule has 0 rings (SSSR count). The Labute approximate surface area is 416 Å². The normalized spacial score (nSPS) is 13.0. The monoisotopic (exact) mass is 951 g/mol. The number of nitrogens with zero attached hydrogens (tertiary/aromatic N) is 2. The number of amides is 1. The molecule has 9 heteroatoms. The zero-order chi connectivity index (χ0) is 49.3. The van der Waals surface area contributed by atoms with Gasteiger partial charge in [-0.1, -0.05) is 182 Å². The molecule has 9 nitrogen and oxygen atoms in total. The Morgan fingerprint density at radius 3 is 1.16 bits per heavy atom. The predicted octanol–water partition coefficient (Wildman–Crippen LogP) is 15.6. The van der Waals surface area contributed by atoms with Gasteiger partial charge in [0, 0.05) is 39.0 Å². The highest BCUT2D eigenvalue weighted by Gasteiger charge is 2.24. The third kappa shape index (κ3) is 44.0. The molecule has 0 aliphatic rings. The number of ether oxygens (including phenoxy) is 4. The summed E-state index contributed by atoms with van der Waals surface area (Å²) in [6.07, 6.45) is 40.3. The summed E-state index contributed by atoms with van der Waals surface area (Å²) in [6, 6.07) is -0.0974. The number of esters is 2. The fourth-order valence-corrected chi connectivity index (χ4v) is 8.99. The van der Waals surface area contributed by atoms with Crippen LogP contribution in [0.4, 0.5) is 0 Å². The van der Waals surface area contributed by atoms with Crippen LogP contribution in [0.15, 0.2) is 0 Å². The Kier molecular flexibility index (Phi) is 49.4. The maximum atomic E-state index is 13.9. The summed E-state index contributed by atoms with van der Waals surface area (Å²) in [5, 5.41) is 0. The van der Waals surface area contributed by atoms with Gasteiger partial charge in [0.15, 0.2) is 0 Å². The van der Waals surface area contributed by atoms with E-state index in [1.807, 2.05) is 0 Å². The van der Waals surface area contributed by atoms with Gasteiger partial charge in [-0.2, -0.15) is 0 Å². The van der Waals surface area contributed by atoms with Crippen LogP contribution >= 0.6 is 0 Å².